The van der Waals surface area contributed by atoms with Crippen LogP contribution in [0.1, 0.15) is 40.9 Å². The second kappa shape index (κ2) is 13.9. The number of hydrogen-bond acceptors (Lipinski definition) is 7. The number of unbranched alkanes of at least 4 members (excludes halogenated alkanes) is 2. The number of nitrogens with two attached hydrogens (primary N) is 2. The van der Waals surface area contributed by atoms with Gasteiger partial charge in [-0.3, -0.25) is 4.79 Å². The van der Waals surface area contributed by atoms with E-state index >= 15 is 0 Å². The summed E-state index contributed by atoms with van der Waals surface area (Å²) in [5.41, 5.74) is 13.0. The molecule has 6 N–H and O–H groups in total. The average molecular weight is 593 g/mol. The van der Waals surface area contributed by atoms with Crippen molar-refractivity contribution in [3.05, 3.63) is 46.2 Å². The van der Waals surface area contributed by atoms with Crippen molar-refractivity contribution in [2.24, 2.45) is 0 Å². The third kappa shape index (κ3) is 11.1. The normalized spacial score (nSPS) is 11.7. The number of aryl methyl sites for hydroxylation is 1. The summed E-state index contributed by atoms with van der Waals surface area (Å²) in [7, 11) is 0.803. The van der Waals surface area contributed by atoms with E-state index in [0.717, 1.165) is 36.9 Å². The molecule has 196 valence electrons. The topological polar surface area (TPSA) is 153 Å². The number of likely N-dealkylation sites (N-methyl/N-ethyl adjacent to an activating group) is 1. The van der Waals surface area contributed by atoms with Gasteiger partial charge in [0.1, 0.15) is 0 Å². The van der Waals surface area contributed by atoms with Gasteiger partial charge in [-0.15, -0.1) is 0 Å². The van der Waals surface area contributed by atoms with Gasteiger partial charge in [-0.25, -0.2) is 23.1 Å². The van der Waals surface area contributed by atoms with Gasteiger partial charge >= 0.3 is 0 Å². The largest absolute Gasteiger partial charge is 1.00 e. The van der Waals surface area contributed by atoms with E-state index in [-0.39, 0.29) is 45.2 Å². The summed E-state index contributed by atoms with van der Waals surface area (Å²) in [5.74, 6) is -0.551. The molecule has 1 amide bonds. The molecule has 0 atom stereocenters. The number of carbonyl (C=O) groups is 1. The molecule has 10 nitrogen and oxygen atoms in total. The van der Waals surface area contributed by atoms with Gasteiger partial charge in [-0.2, -0.15) is 0 Å². The first kappa shape index (κ1) is 31.0. The molecular weight excluding hydrogens is 558 g/mol. The molecule has 0 fully saturated rings. The van der Waals surface area contributed by atoms with Gasteiger partial charge in [0.15, 0.2) is 22.5 Å². The molecule has 1 aromatic carbocycles. The van der Waals surface area contributed by atoms with Crippen LogP contribution in [0.15, 0.2) is 24.3 Å². The Morgan fingerprint density at radius 3 is 2.46 bits per heavy atom. The fourth-order valence-electron chi connectivity index (χ4n) is 3.42. The van der Waals surface area contributed by atoms with E-state index in [9.17, 15) is 13.2 Å². The number of quaternary nitrogens is 1. The average Bonchev–Trinajstić information content (AvgIpc) is 2.72. The number of carbonyl (C=O) groups excluding carboxylic acids is 1. The summed E-state index contributed by atoms with van der Waals surface area (Å²) in [6.07, 6.45) is 2.60. The number of anilines is 2. The van der Waals surface area contributed by atoms with Crippen LogP contribution >= 0.6 is 11.6 Å². The standard InChI is InChI=1S/C22H34ClN7O3S.BrH/c1-16-8-7-9-17(14-16)15-34(32,33)27-10-5-4-6-12-30(2,3)13-11-26-22(31)18-20(24)29-21(25)19(23)28-18;/h7-9,14,27H,4-6,10-13,15H2,1-3H3,(H4-,24,25,26,29,31);1H. The zero-order valence-corrected chi connectivity index (χ0v) is 23.5. The first-order valence-electron chi connectivity index (χ1n) is 11.1. The molecule has 0 bridgehead atoms. The second-order valence-electron chi connectivity index (χ2n) is 8.98. The fourth-order valence-corrected chi connectivity index (χ4v) is 4.72. The predicted molar refractivity (Wildman–Crippen MR) is 136 cm³/mol. The van der Waals surface area contributed by atoms with Crippen molar-refractivity contribution in [1.29, 1.82) is 0 Å². The highest BCUT2D eigenvalue weighted by molar-refractivity contribution is 7.88. The lowest BCUT2D eigenvalue weighted by atomic mass is 10.2. The van der Waals surface area contributed by atoms with Crippen LogP contribution in [0.4, 0.5) is 11.6 Å². The van der Waals surface area contributed by atoms with Gasteiger partial charge in [-0.05, 0) is 31.7 Å². The van der Waals surface area contributed by atoms with Crippen LogP contribution < -0.4 is 38.5 Å². The molecule has 2 rings (SSSR count). The molecule has 1 aromatic heterocycles. The van der Waals surface area contributed by atoms with Crippen LogP contribution in [-0.4, -0.2) is 69.1 Å². The third-order valence-electron chi connectivity index (χ3n) is 5.32. The first-order valence-corrected chi connectivity index (χ1v) is 13.1. The lowest BCUT2D eigenvalue weighted by Crippen LogP contribution is -3.00. The van der Waals surface area contributed by atoms with Gasteiger partial charge in [0.2, 0.25) is 10.0 Å². The van der Waals surface area contributed by atoms with E-state index in [2.05, 4.69) is 34.1 Å². The number of aromatic nitrogens is 2. The number of hydrogen-bond donors (Lipinski definition) is 4. The number of nitrogens with one attached hydrogen (secondary N) is 2. The predicted octanol–water partition coefficient (Wildman–Crippen LogP) is -1.30. The molecule has 0 saturated carbocycles. The highest BCUT2D eigenvalue weighted by atomic mass is 79.9. The molecule has 0 aliphatic rings. The maximum absolute atomic E-state index is 12.3. The molecule has 13 heteroatoms. The molecule has 0 aliphatic heterocycles. The molecule has 0 saturated heterocycles. The van der Waals surface area contributed by atoms with Crippen molar-refractivity contribution in [3.8, 4) is 0 Å². The lowest BCUT2D eigenvalue weighted by Gasteiger charge is -2.30. The maximum atomic E-state index is 12.3. The van der Waals surface area contributed by atoms with E-state index in [4.69, 9.17) is 23.1 Å². The summed E-state index contributed by atoms with van der Waals surface area (Å²) in [4.78, 5) is 20.0. The van der Waals surface area contributed by atoms with Crippen molar-refractivity contribution < 1.29 is 34.7 Å². The zero-order chi connectivity index (χ0) is 25.4. The van der Waals surface area contributed by atoms with Gasteiger partial charge in [0.05, 0.1) is 39.5 Å². The van der Waals surface area contributed by atoms with Gasteiger partial charge in [-0.1, -0.05) is 41.4 Å². The molecular formula is C22H35BrClN7O3S. The number of rotatable bonds is 13. The zero-order valence-electron chi connectivity index (χ0n) is 20.4. The van der Waals surface area contributed by atoms with Crippen molar-refractivity contribution in [1.82, 2.24) is 20.0 Å². The Bertz CT molecular complexity index is 1100. The summed E-state index contributed by atoms with van der Waals surface area (Å²) in [6, 6.07) is 7.51. The molecule has 0 spiro atoms. The number of benzene rings is 1. The Labute approximate surface area is 223 Å². The van der Waals surface area contributed by atoms with Gasteiger partial charge < -0.3 is 38.2 Å². The Hall–Kier alpha value is -1.99. The van der Waals surface area contributed by atoms with E-state index in [1.54, 1.807) is 0 Å². The van der Waals surface area contributed by atoms with E-state index in [1.165, 1.54) is 0 Å². The van der Waals surface area contributed by atoms with Crippen molar-refractivity contribution >= 4 is 39.2 Å². The van der Waals surface area contributed by atoms with Gasteiger partial charge in [0, 0.05) is 6.54 Å². The Morgan fingerprint density at radius 2 is 1.77 bits per heavy atom. The minimum Gasteiger partial charge on any atom is -1.00 e. The maximum Gasteiger partial charge on any atom is 0.273 e. The van der Waals surface area contributed by atoms with Crippen LogP contribution in [0, 0.1) is 6.92 Å². The van der Waals surface area contributed by atoms with Crippen LogP contribution in [0.2, 0.25) is 5.15 Å². The number of sulfonamides is 1. The van der Waals surface area contributed by atoms with Gasteiger partial charge in [0.25, 0.3) is 5.91 Å². The number of halogens is 2. The summed E-state index contributed by atoms with van der Waals surface area (Å²) < 4.78 is 27.9. The molecule has 0 unspecified atom stereocenters. The summed E-state index contributed by atoms with van der Waals surface area (Å²) in [5, 5.41) is 2.72. The van der Waals surface area contributed by atoms with Crippen LogP contribution in [-0.2, 0) is 15.8 Å². The monoisotopic (exact) mass is 591 g/mol. The third-order valence-corrected chi connectivity index (χ3v) is 6.96. The summed E-state index contributed by atoms with van der Waals surface area (Å²) >= 11 is 5.82. The van der Waals surface area contributed by atoms with Crippen molar-refractivity contribution in [2.75, 3.05) is 51.7 Å². The van der Waals surface area contributed by atoms with E-state index in [0.29, 0.717) is 24.1 Å². The molecule has 0 aliphatic carbocycles. The molecule has 2 aromatic rings. The summed E-state index contributed by atoms with van der Waals surface area (Å²) in [6.45, 7) is 4.38. The molecule has 35 heavy (non-hydrogen) atoms. The quantitative estimate of drug-likeness (QED) is 0.167. The number of nitrogens with zero attached hydrogens (tertiary/aromatic N) is 3. The van der Waals surface area contributed by atoms with Crippen molar-refractivity contribution in [2.45, 2.75) is 31.9 Å². The molecule has 0 radical (unpaired) electrons. The molecule has 1 heterocycles. The van der Waals surface area contributed by atoms with E-state index in [1.807, 2.05) is 31.2 Å². The Balaban J connectivity index is 0.00000612. The fraction of sp³-hybridized carbons (Fsp3) is 0.500. The lowest BCUT2D eigenvalue weighted by molar-refractivity contribution is -0.889. The number of amides is 1. The second-order valence-corrected chi connectivity index (χ2v) is 11.1. The van der Waals surface area contributed by atoms with E-state index < -0.39 is 15.9 Å². The SMILES string of the molecule is Cc1cccc(CS(=O)(=O)NCCCCC[N+](C)(C)CCNC(=O)c2nc(Cl)c(N)nc2N)c1.[Br-]. The smallest absolute Gasteiger partial charge is 0.273 e. The minimum absolute atomic E-state index is 0. The first-order chi connectivity index (χ1) is 15.9. The van der Waals surface area contributed by atoms with Crippen LogP contribution in [0.3, 0.4) is 0 Å². The highest BCUT2D eigenvalue weighted by Crippen LogP contribution is 2.17. The number of nitrogen functional groups attached to an aromatic ring is 2. The Kier molecular flexibility index (Phi) is 12.4. The Morgan fingerprint density at radius 1 is 1.06 bits per heavy atom. The highest BCUT2D eigenvalue weighted by Gasteiger charge is 2.19. The minimum atomic E-state index is -3.35. The van der Waals surface area contributed by atoms with Crippen molar-refractivity contribution in [3.63, 3.8) is 0 Å². The van der Waals surface area contributed by atoms with Crippen LogP contribution in [0.25, 0.3) is 0 Å². The van der Waals surface area contributed by atoms with Crippen LogP contribution in [0.5, 0.6) is 0 Å².